The van der Waals surface area contributed by atoms with Crippen molar-refractivity contribution in [2.24, 2.45) is 11.5 Å². The first-order valence-corrected chi connectivity index (χ1v) is 10.1. The number of aromatic nitrogens is 1. The van der Waals surface area contributed by atoms with Gasteiger partial charge < -0.3 is 22.1 Å². The number of nitrogens with two attached hydrogens (primary N) is 3. The lowest BCUT2D eigenvalue weighted by atomic mass is 10.0. The van der Waals surface area contributed by atoms with Gasteiger partial charge in [-0.05, 0) is 30.0 Å². The molecule has 6 nitrogen and oxygen atoms in total. The van der Waals surface area contributed by atoms with Crippen LogP contribution in [0.2, 0.25) is 0 Å². The molecule has 0 bridgehead atoms. The van der Waals surface area contributed by atoms with Crippen molar-refractivity contribution in [3.05, 3.63) is 52.4 Å². The molecule has 0 spiro atoms. The molecule has 28 heavy (non-hydrogen) atoms. The highest BCUT2D eigenvalue weighted by molar-refractivity contribution is 7.21. The second-order valence-corrected chi connectivity index (χ2v) is 8.03. The zero-order valence-electron chi connectivity index (χ0n) is 15.5. The van der Waals surface area contributed by atoms with E-state index in [1.807, 2.05) is 48.6 Å². The Hall–Kier alpha value is -2.90. The van der Waals surface area contributed by atoms with Crippen LogP contribution < -0.4 is 22.1 Å². The van der Waals surface area contributed by atoms with E-state index in [2.05, 4.69) is 4.90 Å². The topological polar surface area (TPSA) is 111 Å². The molecule has 0 aliphatic carbocycles. The first kappa shape index (κ1) is 18.5. The standard InChI is InChI=1S/C21H23N5OS/c22-15-8-10-26(11-9-15)16-12-14(7-6-13-4-2-1-3-5-13)17-18(23)19(20(24)27)28-21(17)25-16/h1-7,12,15H,8-11,22-23H2,(H2,24,27). The number of nitrogens with zero attached hydrogens (tertiary/aromatic N) is 2. The number of pyridine rings is 1. The molecule has 3 heterocycles. The molecule has 1 saturated heterocycles. The third kappa shape index (κ3) is 3.58. The van der Waals surface area contributed by atoms with Crippen molar-refractivity contribution in [2.75, 3.05) is 23.7 Å². The van der Waals surface area contributed by atoms with Crippen molar-refractivity contribution >= 4 is 51.1 Å². The molecule has 1 fully saturated rings. The molecule has 6 N–H and O–H groups in total. The predicted molar refractivity (Wildman–Crippen MR) is 117 cm³/mol. The third-order valence-corrected chi connectivity index (χ3v) is 6.17. The van der Waals surface area contributed by atoms with Crippen molar-refractivity contribution in [2.45, 2.75) is 18.9 Å². The molecule has 2 aromatic heterocycles. The number of piperidine rings is 1. The van der Waals surface area contributed by atoms with E-state index in [1.165, 1.54) is 11.3 Å². The molecule has 1 amide bonds. The van der Waals surface area contributed by atoms with Gasteiger partial charge in [-0.3, -0.25) is 4.79 Å². The molecule has 0 unspecified atom stereocenters. The molecule has 4 rings (SSSR count). The molecule has 144 valence electrons. The third-order valence-electron chi connectivity index (χ3n) is 5.06. The Kier molecular flexibility index (Phi) is 5.02. The first-order valence-electron chi connectivity index (χ1n) is 9.29. The molecule has 1 aliphatic rings. The maximum Gasteiger partial charge on any atom is 0.260 e. The van der Waals surface area contributed by atoms with Gasteiger partial charge in [0.2, 0.25) is 0 Å². The van der Waals surface area contributed by atoms with Crippen LogP contribution in [0.25, 0.3) is 22.4 Å². The van der Waals surface area contributed by atoms with E-state index < -0.39 is 5.91 Å². The van der Waals surface area contributed by atoms with Gasteiger partial charge in [0.05, 0.1) is 5.69 Å². The van der Waals surface area contributed by atoms with E-state index >= 15 is 0 Å². The fraction of sp³-hybridized carbons (Fsp3) is 0.238. The van der Waals surface area contributed by atoms with Crippen molar-refractivity contribution in [1.29, 1.82) is 0 Å². The second kappa shape index (κ2) is 7.61. The summed E-state index contributed by atoms with van der Waals surface area (Å²) < 4.78 is 0. The molecule has 7 heteroatoms. The van der Waals surface area contributed by atoms with Gasteiger partial charge in [0.25, 0.3) is 5.91 Å². The van der Waals surface area contributed by atoms with Crippen LogP contribution in [0.5, 0.6) is 0 Å². The predicted octanol–water partition coefficient (Wildman–Crippen LogP) is 3.08. The van der Waals surface area contributed by atoms with E-state index in [0.29, 0.717) is 10.6 Å². The van der Waals surface area contributed by atoms with Gasteiger partial charge in [-0.15, -0.1) is 11.3 Å². The molecule has 0 atom stereocenters. The SMILES string of the molecule is NC(=O)c1sc2nc(N3CCC(N)CC3)cc(C=Cc3ccccc3)c2c1N. The van der Waals surface area contributed by atoms with Crippen molar-refractivity contribution in [1.82, 2.24) is 4.98 Å². The summed E-state index contributed by atoms with van der Waals surface area (Å²) in [6, 6.07) is 12.3. The van der Waals surface area contributed by atoms with Crippen LogP contribution in [0.3, 0.4) is 0 Å². The highest BCUT2D eigenvalue weighted by atomic mass is 32.1. The van der Waals surface area contributed by atoms with Crippen LogP contribution in [-0.4, -0.2) is 30.0 Å². The average Bonchev–Trinajstić information content (AvgIpc) is 3.04. The number of thiophene rings is 1. The Labute approximate surface area is 167 Å². The van der Waals surface area contributed by atoms with Gasteiger partial charge in [0, 0.05) is 24.5 Å². The number of carbonyl (C=O) groups excluding carboxylic acids is 1. The van der Waals surface area contributed by atoms with Gasteiger partial charge >= 0.3 is 0 Å². The summed E-state index contributed by atoms with van der Waals surface area (Å²) in [5.74, 6) is 0.355. The number of fused-ring (bicyclic) bond motifs is 1. The summed E-state index contributed by atoms with van der Waals surface area (Å²) in [7, 11) is 0. The Bertz CT molecular complexity index is 1040. The van der Waals surface area contributed by atoms with Crippen LogP contribution >= 0.6 is 11.3 Å². The monoisotopic (exact) mass is 393 g/mol. The van der Waals surface area contributed by atoms with Crippen LogP contribution in [0.1, 0.15) is 33.6 Å². The highest BCUT2D eigenvalue weighted by Crippen LogP contribution is 2.37. The first-order chi connectivity index (χ1) is 13.5. The number of nitrogen functional groups attached to an aromatic ring is 1. The lowest BCUT2D eigenvalue weighted by Crippen LogP contribution is -2.40. The lowest BCUT2D eigenvalue weighted by molar-refractivity contribution is 0.100. The van der Waals surface area contributed by atoms with Gasteiger partial charge in [-0.2, -0.15) is 0 Å². The van der Waals surface area contributed by atoms with E-state index in [4.69, 9.17) is 22.2 Å². The number of anilines is 2. The number of hydrogen-bond donors (Lipinski definition) is 3. The fourth-order valence-corrected chi connectivity index (χ4v) is 4.47. The minimum Gasteiger partial charge on any atom is -0.397 e. The van der Waals surface area contributed by atoms with Crippen molar-refractivity contribution in [3.63, 3.8) is 0 Å². The van der Waals surface area contributed by atoms with E-state index in [0.717, 1.165) is 53.1 Å². The van der Waals surface area contributed by atoms with Crippen LogP contribution in [-0.2, 0) is 0 Å². The molecular formula is C21H23N5OS. The van der Waals surface area contributed by atoms with E-state index in [-0.39, 0.29) is 6.04 Å². The summed E-state index contributed by atoms with van der Waals surface area (Å²) in [6.45, 7) is 1.73. The largest absolute Gasteiger partial charge is 0.397 e. The zero-order chi connectivity index (χ0) is 19.7. The normalized spacial score (nSPS) is 15.5. The average molecular weight is 394 g/mol. The number of rotatable bonds is 4. The van der Waals surface area contributed by atoms with Crippen molar-refractivity contribution < 1.29 is 4.79 Å². The maximum atomic E-state index is 11.8. The molecule has 3 aromatic rings. The summed E-state index contributed by atoms with van der Waals surface area (Å²) >= 11 is 1.25. The summed E-state index contributed by atoms with van der Waals surface area (Å²) in [5.41, 5.74) is 20.2. The smallest absolute Gasteiger partial charge is 0.260 e. The van der Waals surface area contributed by atoms with Crippen molar-refractivity contribution in [3.8, 4) is 0 Å². The number of amides is 1. The highest BCUT2D eigenvalue weighted by Gasteiger charge is 2.22. The molecule has 1 aromatic carbocycles. The number of primary amides is 1. The Balaban J connectivity index is 1.82. The second-order valence-electron chi connectivity index (χ2n) is 7.03. The molecular weight excluding hydrogens is 370 g/mol. The fourth-order valence-electron chi connectivity index (χ4n) is 3.49. The van der Waals surface area contributed by atoms with Gasteiger partial charge in [-0.1, -0.05) is 42.5 Å². The quantitative estimate of drug-likeness (QED) is 0.631. The number of benzene rings is 1. The summed E-state index contributed by atoms with van der Waals surface area (Å²) in [6.07, 6.45) is 5.93. The zero-order valence-corrected chi connectivity index (χ0v) is 16.3. The van der Waals surface area contributed by atoms with Gasteiger partial charge in [0.1, 0.15) is 15.5 Å². The number of carbonyl (C=O) groups is 1. The molecule has 1 aliphatic heterocycles. The minimum atomic E-state index is -0.524. The maximum absolute atomic E-state index is 11.8. The van der Waals surface area contributed by atoms with E-state index in [9.17, 15) is 4.79 Å². The Morgan fingerprint density at radius 1 is 1.18 bits per heavy atom. The van der Waals surface area contributed by atoms with Crippen LogP contribution in [0.15, 0.2) is 36.4 Å². The lowest BCUT2D eigenvalue weighted by Gasteiger charge is -2.31. The van der Waals surface area contributed by atoms with Gasteiger partial charge in [0.15, 0.2) is 0 Å². The molecule has 0 radical (unpaired) electrons. The number of hydrogen-bond acceptors (Lipinski definition) is 6. The Morgan fingerprint density at radius 2 is 1.89 bits per heavy atom. The Morgan fingerprint density at radius 3 is 2.57 bits per heavy atom. The van der Waals surface area contributed by atoms with Crippen LogP contribution in [0.4, 0.5) is 11.5 Å². The van der Waals surface area contributed by atoms with E-state index in [1.54, 1.807) is 0 Å². The minimum absolute atomic E-state index is 0.247. The summed E-state index contributed by atoms with van der Waals surface area (Å²) in [4.78, 5) is 19.9. The van der Waals surface area contributed by atoms with Crippen LogP contribution in [0, 0.1) is 0 Å². The van der Waals surface area contributed by atoms with Gasteiger partial charge in [-0.25, -0.2) is 4.98 Å². The summed E-state index contributed by atoms with van der Waals surface area (Å²) in [5, 5.41) is 0.781. The molecule has 0 saturated carbocycles.